The van der Waals surface area contributed by atoms with E-state index in [0.717, 1.165) is 52.8 Å². The summed E-state index contributed by atoms with van der Waals surface area (Å²) >= 11 is 0. The lowest BCUT2D eigenvalue weighted by Crippen LogP contribution is -2.47. The zero-order chi connectivity index (χ0) is 54.7. The second-order valence-corrected chi connectivity index (χ2v) is 20.6. The molecule has 0 radical (unpaired) electrons. The van der Waals surface area contributed by atoms with Crippen LogP contribution in [0.3, 0.4) is 0 Å². The van der Waals surface area contributed by atoms with E-state index in [0.29, 0.717) is 78.0 Å². The van der Waals surface area contributed by atoms with Gasteiger partial charge in [0.1, 0.15) is 22.7 Å². The van der Waals surface area contributed by atoms with E-state index < -0.39 is 17.1 Å². The lowest BCUT2D eigenvalue weighted by molar-refractivity contribution is 0.0196. The Kier molecular flexibility index (Phi) is 17.1. The maximum Gasteiger partial charge on any atom is 0.410 e. The van der Waals surface area contributed by atoms with Crippen LogP contribution in [0.4, 0.5) is 37.3 Å². The van der Waals surface area contributed by atoms with Crippen molar-refractivity contribution in [3.05, 3.63) is 140 Å². The molecule has 2 atom stereocenters. The summed E-state index contributed by atoms with van der Waals surface area (Å²) in [4.78, 5) is 54.2. The fourth-order valence-electron chi connectivity index (χ4n) is 8.73. The minimum atomic E-state index is -0.573. The highest BCUT2D eigenvalue weighted by molar-refractivity contribution is 5.98. The molecule has 0 saturated carbocycles. The van der Waals surface area contributed by atoms with Crippen LogP contribution in [0.2, 0.25) is 0 Å². The van der Waals surface area contributed by atoms with Crippen LogP contribution in [0.25, 0.3) is 44.1 Å². The van der Waals surface area contributed by atoms with Gasteiger partial charge in [-0.25, -0.2) is 39.5 Å². The Labute approximate surface area is 447 Å². The molecule has 8 aromatic rings. The van der Waals surface area contributed by atoms with Gasteiger partial charge >= 0.3 is 12.2 Å². The topological polar surface area (TPSA) is 242 Å². The van der Waals surface area contributed by atoms with E-state index in [1.54, 1.807) is 58.7 Å². The number of hydrogen-bond acceptors (Lipinski definition) is 16. The average Bonchev–Trinajstić information content (AvgIpc) is 3.41. The number of carbonyl (C=O) groups is 2. The lowest BCUT2D eigenvalue weighted by Gasteiger charge is -2.34. The molecule has 0 bridgehead atoms. The number of nitrogens with zero attached hydrogens (tertiary/aromatic N) is 8. The van der Waals surface area contributed by atoms with Crippen molar-refractivity contribution in [2.45, 2.75) is 90.5 Å². The van der Waals surface area contributed by atoms with E-state index in [1.165, 1.54) is 6.20 Å². The number of ether oxygens (including phenoxy) is 3. The molecule has 7 N–H and O–H groups in total. The first-order valence-corrected chi connectivity index (χ1v) is 25.5. The predicted molar refractivity (Wildman–Crippen MR) is 298 cm³/mol. The molecule has 2 aliphatic rings. The number of halogens is 1. The van der Waals surface area contributed by atoms with Crippen LogP contribution in [0.5, 0.6) is 17.4 Å². The van der Waals surface area contributed by atoms with Gasteiger partial charge in [-0.05, 0) is 128 Å². The molecular weight excluding hydrogens is 980 g/mol. The van der Waals surface area contributed by atoms with Gasteiger partial charge < -0.3 is 51.2 Å². The normalized spacial score (nSPS) is 15.5. The van der Waals surface area contributed by atoms with Crippen molar-refractivity contribution >= 4 is 57.0 Å². The van der Waals surface area contributed by atoms with Gasteiger partial charge in [-0.3, -0.25) is 0 Å². The highest BCUT2D eigenvalue weighted by Crippen LogP contribution is 2.36. The third kappa shape index (κ3) is 14.7. The standard InChI is InChI=1S/C29H32N6O3.C19H24FN5O2.C10H9NO/c1-29(2,3)38-28(36)35-17-7-8-19(18-35)33-27-32-16-14-24(34-27)22-11-6-15-31-26(22)37-25-13-12-23(30)20-9-4-5-10-21(20)25;1-19(2,3)27-18(26)25-11-5-6-13(12-25)23-17-22-10-8-15(24-17)14-7-4-9-21-16(14)20;11-9-5-6-10(12)8-4-2-1-3-7(8)9/h4-6,9-16,19H,7-8,17-18,30H2,1-3H3,(H,32,33,34);4,7-10,13H,5-6,11-12H2,1-3H3,(H,22,23,24);1-6,12H,11H2. The largest absolute Gasteiger partial charge is 0.507 e. The zero-order valence-corrected chi connectivity index (χ0v) is 44.1. The van der Waals surface area contributed by atoms with Crippen molar-refractivity contribution in [1.82, 2.24) is 39.7 Å². The fourth-order valence-corrected chi connectivity index (χ4v) is 8.73. The molecule has 4 aromatic carbocycles. The fraction of sp³-hybridized carbons (Fsp3) is 0.310. The molecule has 4 aromatic heterocycles. The molecule has 2 amide bonds. The first kappa shape index (κ1) is 54.4. The van der Waals surface area contributed by atoms with Crippen molar-refractivity contribution < 1.29 is 33.3 Å². The number of carbonyl (C=O) groups excluding carboxylic acids is 2. The molecule has 2 aliphatic heterocycles. The summed E-state index contributed by atoms with van der Waals surface area (Å²) in [7, 11) is 0. The van der Waals surface area contributed by atoms with Gasteiger partial charge in [-0.15, -0.1) is 0 Å². The van der Waals surface area contributed by atoms with Crippen molar-refractivity contribution in [3.8, 4) is 39.9 Å². The van der Waals surface area contributed by atoms with Crippen LogP contribution in [-0.2, 0) is 9.47 Å². The number of amides is 2. The van der Waals surface area contributed by atoms with Gasteiger partial charge in [0.05, 0.1) is 22.5 Å². The number of phenols is 1. The number of fused-ring (bicyclic) bond motifs is 2. The van der Waals surface area contributed by atoms with E-state index in [2.05, 4.69) is 35.6 Å². The maximum atomic E-state index is 13.9. The Hall–Kier alpha value is -8.87. The van der Waals surface area contributed by atoms with Gasteiger partial charge in [0.15, 0.2) is 0 Å². The van der Waals surface area contributed by atoms with Crippen LogP contribution in [-0.4, -0.2) is 106 Å². The van der Waals surface area contributed by atoms with Crippen molar-refractivity contribution in [2.24, 2.45) is 0 Å². The Morgan fingerprint density at radius 1 is 0.584 bits per heavy atom. The van der Waals surface area contributed by atoms with Gasteiger partial charge in [-0.1, -0.05) is 48.5 Å². The molecule has 19 heteroatoms. The number of rotatable bonds is 8. The minimum absolute atomic E-state index is 0.000244. The number of hydrogen-bond donors (Lipinski definition) is 5. The van der Waals surface area contributed by atoms with Crippen LogP contribution < -0.4 is 26.8 Å². The second-order valence-electron chi connectivity index (χ2n) is 20.6. The maximum absolute atomic E-state index is 13.9. The van der Waals surface area contributed by atoms with Crippen LogP contribution in [0.15, 0.2) is 134 Å². The van der Waals surface area contributed by atoms with Gasteiger partial charge in [-0.2, -0.15) is 4.39 Å². The number of aromatic hydroxyl groups is 1. The molecule has 18 nitrogen and oxygen atoms in total. The number of pyridine rings is 2. The predicted octanol–water partition coefficient (Wildman–Crippen LogP) is 11.5. The number of phenolic OH excluding ortho intramolecular Hbond substituents is 1. The minimum Gasteiger partial charge on any atom is -0.507 e. The van der Waals surface area contributed by atoms with E-state index in [9.17, 15) is 19.1 Å². The number of likely N-dealkylation sites (tertiary alicyclic amines) is 2. The smallest absolute Gasteiger partial charge is 0.410 e. The molecule has 6 heterocycles. The van der Waals surface area contributed by atoms with Crippen LogP contribution in [0, 0.1) is 5.95 Å². The Bertz CT molecular complexity index is 3290. The van der Waals surface area contributed by atoms with E-state index in [4.69, 9.17) is 30.7 Å². The number of anilines is 4. The number of piperidine rings is 2. The highest BCUT2D eigenvalue weighted by atomic mass is 19.1. The Morgan fingerprint density at radius 2 is 1.06 bits per heavy atom. The lowest BCUT2D eigenvalue weighted by atomic mass is 10.1. The summed E-state index contributed by atoms with van der Waals surface area (Å²) in [6, 6.07) is 32.9. The molecule has 2 saturated heterocycles. The molecular formula is C58H65FN12O6. The summed E-state index contributed by atoms with van der Waals surface area (Å²) < 4.78 is 31.2. The van der Waals surface area contributed by atoms with Crippen molar-refractivity contribution in [3.63, 3.8) is 0 Å². The number of nitrogens with two attached hydrogens (primary N) is 2. The summed E-state index contributed by atoms with van der Waals surface area (Å²) in [6.07, 6.45) is 9.25. The molecule has 2 unspecified atom stereocenters. The van der Waals surface area contributed by atoms with E-state index in [-0.39, 0.29) is 30.0 Å². The van der Waals surface area contributed by atoms with Crippen molar-refractivity contribution in [1.29, 1.82) is 0 Å². The molecule has 2 fully saturated rings. The molecule has 0 spiro atoms. The molecule has 400 valence electrons. The summed E-state index contributed by atoms with van der Waals surface area (Å²) in [5.41, 5.74) is 14.4. The first-order valence-electron chi connectivity index (χ1n) is 25.5. The quantitative estimate of drug-likeness (QED) is 0.0540. The number of benzene rings is 4. The molecule has 10 rings (SSSR count). The van der Waals surface area contributed by atoms with Gasteiger partial charge in [0.25, 0.3) is 0 Å². The van der Waals surface area contributed by atoms with E-state index >= 15 is 0 Å². The molecule has 77 heavy (non-hydrogen) atoms. The second kappa shape index (κ2) is 24.2. The van der Waals surface area contributed by atoms with Crippen molar-refractivity contribution in [2.75, 3.05) is 48.3 Å². The summed E-state index contributed by atoms with van der Waals surface area (Å²) in [5, 5.41) is 19.6. The van der Waals surface area contributed by atoms with Gasteiger partial charge in [0, 0.05) is 96.0 Å². The zero-order valence-electron chi connectivity index (χ0n) is 44.1. The Balaban J connectivity index is 0.000000173. The van der Waals surface area contributed by atoms with E-state index in [1.807, 2.05) is 120 Å². The Morgan fingerprint density at radius 3 is 1.60 bits per heavy atom. The molecule has 0 aliphatic carbocycles. The summed E-state index contributed by atoms with van der Waals surface area (Å²) in [6.45, 7) is 13.5. The number of aromatic nitrogens is 6. The average molecular weight is 1050 g/mol. The third-order valence-electron chi connectivity index (χ3n) is 12.3. The monoisotopic (exact) mass is 1040 g/mol. The summed E-state index contributed by atoms with van der Waals surface area (Å²) in [5.74, 6) is 1.67. The van der Waals surface area contributed by atoms with Gasteiger partial charge in [0.2, 0.25) is 23.7 Å². The highest BCUT2D eigenvalue weighted by Gasteiger charge is 2.30. The number of nitrogen functional groups attached to an aromatic ring is 2. The SMILES string of the molecule is CC(C)(C)OC(=O)N1CCCC(Nc2nccc(-c3cccnc3F)n2)C1.CC(C)(C)OC(=O)N1CCCC(Nc2nccc(-c3cccnc3Oc3ccc(N)c4ccccc34)n2)C1.Nc1ccc(O)c2ccccc12. The first-order chi connectivity index (χ1) is 36.9. The van der Waals surface area contributed by atoms with Crippen LogP contribution in [0.1, 0.15) is 67.2 Å². The van der Waals surface area contributed by atoms with Crippen LogP contribution >= 0.6 is 0 Å². The third-order valence-corrected chi connectivity index (χ3v) is 12.3. The number of nitrogens with one attached hydrogen (secondary N) is 2.